The summed E-state index contributed by atoms with van der Waals surface area (Å²) in [6.45, 7) is 2.05. The quantitative estimate of drug-likeness (QED) is 0.691. The molecule has 0 fully saturated rings. The molecule has 1 aromatic heterocycles. The Morgan fingerprint density at radius 1 is 1.58 bits per heavy atom. The molecule has 2 heterocycles. The van der Waals surface area contributed by atoms with E-state index in [0.29, 0.717) is 0 Å². The van der Waals surface area contributed by atoms with Crippen LogP contribution in [0.1, 0.15) is 12.7 Å². The minimum absolute atomic E-state index is 0. The third kappa shape index (κ3) is 1.47. The second kappa shape index (κ2) is 3.91. The molecule has 0 aliphatic carbocycles. The number of nitrogens with zero attached hydrogens (tertiary/aromatic N) is 4. The van der Waals surface area contributed by atoms with Gasteiger partial charge in [0.05, 0.1) is 0 Å². The number of hydrogen-bond acceptors (Lipinski definition) is 4. The van der Waals surface area contributed by atoms with Crippen LogP contribution in [0.25, 0.3) is 0 Å². The Morgan fingerprint density at radius 3 is 3.17 bits per heavy atom. The zero-order valence-electron chi connectivity index (χ0n) is 6.60. The summed E-state index contributed by atoms with van der Waals surface area (Å²) in [4.78, 5) is 0. The van der Waals surface area contributed by atoms with Crippen molar-refractivity contribution in [1.29, 1.82) is 0 Å². The zero-order valence-corrected chi connectivity index (χ0v) is 8.23. The molecule has 1 aliphatic rings. The van der Waals surface area contributed by atoms with E-state index in [0.717, 1.165) is 23.2 Å². The summed E-state index contributed by atoms with van der Waals surface area (Å²) >= 11 is 1.66. The van der Waals surface area contributed by atoms with Crippen molar-refractivity contribution >= 4 is 30.4 Å². The Bertz CT molecular complexity index is 296. The van der Waals surface area contributed by atoms with Crippen molar-refractivity contribution < 1.29 is 0 Å². The summed E-state index contributed by atoms with van der Waals surface area (Å²) in [5.41, 5.74) is 0. The van der Waals surface area contributed by atoms with Gasteiger partial charge in [0.1, 0.15) is 0 Å². The Labute approximate surface area is 80.9 Å². The molecule has 0 bridgehead atoms. The van der Waals surface area contributed by atoms with Gasteiger partial charge in [-0.1, -0.05) is 18.7 Å². The number of hydrogen-bond donors (Lipinski definition) is 0. The topological polar surface area (TPSA) is 43.1 Å². The van der Waals surface area contributed by atoms with E-state index >= 15 is 0 Å². The molecule has 0 saturated carbocycles. The molecule has 0 amide bonds. The van der Waals surface area contributed by atoms with E-state index in [4.69, 9.17) is 0 Å². The molecule has 0 spiro atoms. The van der Waals surface area contributed by atoms with Gasteiger partial charge in [-0.25, -0.2) is 0 Å². The molecular formula is C6H9ClN4S. The van der Waals surface area contributed by atoms with E-state index in [-0.39, 0.29) is 12.4 Å². The minimum Gasteiger partial charge on any atom is -0.192 e. The van der Waals surface area contributed by atoms with Crippen molar-refractivity contribution in [2.24, 2.45) is 5.10 Å². The van der Waals surface area contributed by atoms with Crippen LogP contribution < -0.4 is 0 Å². The van der Waals surface area contributed by atoms with Crippen LogP contribution in [0.5, 0.6) is 0 Å². The van der Waals surface area contributed by atoms with Gasteiger partial charge in [0.15, 0.2) is 5.82 Å². The van der Waals surface area contributed by atoms with Crippen LogP contribution in [-0.4, -0.2) is 26.8 Å². The van der Waals surface area contributed by atoms with Gasteiger partial charge in [0.2, 0.25) is 5.16 Å². The summed E-state index contributed by atoms with van der Waals surface area (Å²) in [5.74, 6) is 1.84. The van der Waals surface area contributed by atoms with Crippen molar-refractivity contribution in [1.82, 2.24) is 14.9 Å². The van der Waals surface area contributed by atoms with Crippen LogP contribution in [0, 0.1) is 0 Å². The monoisotopic (exact) mass is 204 g/mol. The van der Waals surface area contributed by atoms with Crippen molar-refractivity contribution in [2.75, 3.05) is 5.75 Å². The average Bonchev–Trinajstić information content (AvgIpc) is 2.47. The Kier molecular flexibility index (Phi) is 3.11. The minimum atomic E-state index is 0. The molecule has 0 unspecified atom stereocenters. The molecule has 2 rings (SSSR count). The second-order valence-corrected chi connectivity index (χ2v) is 3.16. The predicted octanol–water partition coefficient (Wildman–Crippen LogP) is 1.20. The van der Waals surface area contributed by atoms with E-state index in [1.54, 1.807) is 16.4 Å². The second-order valence-electron chi connectivity index (χ2n) is 2.17. The van der Waals surface area contributed by atoms with Crippen LogP contribution in [0.2, 0.25) is 0 Å². The van der Waals surface area contributed by atoms with Crippen LogP contribution in [0.4, 0.5) is 0 Å². The number of rotatable bonds is 1. The molecule has 0 atom stereocenters. The van der Waals surface area contributed by atoms with E-state index in [1.165, 1.54) is 0 Å². The average molecular weight is 205 g/mol. The fourth-order valence-electron chi connectivity index (χ4n) is 0.949. The molecular weight excluding hydrogens is 196 g/mol. The number of aryl methyl sites for hydroxylation is 1. The van der Waals surface area contributed by atoms with Gasteiger partial charge >= 0.3 is 0 Å². The molecule has 1 aliphatic heterocycles. The highest BCUT2D eigenvalue weighted by molar-refractivity contribution is 7.99. The van der Waals surface area contributed by atoms with Crippen molar-refractivity contribution in [3.05, 3.63) is 5.82 Å². The first-order valence-electron chi connectivity index (χ1n) is 3.51. The maximum absolute atomic E-state index is 4.17. The lowest BCUT2D eigenvalue weighted by molar-refractivity contribution is 0.718. The highest BCUT2D eigenvalue weighted by Crippen LogP contribution is 2.18. The smallest absolute Gasteiger partial charge is 0.192 e. The van der Waals surface area contributed by atoms with Crippen molar-refractivity contribution in [3.63, 3.8) is 0 Å². The predicted molar refractivity (Wildman–Crippen MR) is 51.3 cm³/mol. The van der Waals surface area contributed by atoms with Gasteiger partial charge in [-0.15, -0.1) is 22.6 Å². The van der Waals surface area contributed by atoms with Gasteiger partial charge in [0, 0.05) is 18.4 Å². The van der Waals surface area contributed by atoms with Crippen molar-refractivity contribution in [3.8, 4) is 0 Å². The Balaban J connectivity index is 0.000000720. The SMILES string of the molecule is CCc1nnc2n1N=CCS2.Cl. The molecule has 6 heteroatoms. The number of fused-ring (bicyclic) bond motifs is 1. The molecule has 0 saturated heterocycles. The van der Waals surface area contributed by atoms with Gasteiger partial charge < -0.3 is 0 Å². The van der Waals surface area contributed by atoms with Crippen LogP contribution in [0.3, 0.4) is 0 Å². The summed E-state index contributed by atoms with van der Waals surface area (Å²) in [6, 6.07) is 0. The summed E-state index contributed by atoms with van der Waals surface area (Å²) in [6.07, 6.45) is 2.76. The van der Waals surface area contributed by atoms with Crippen LogP contribution in [-0.2, 0) is 6.42 Å². The van der Waals surface area contributed by atoms with Gasteiger partial charge in [0.25, 0.3) is 0 Å². The third-order valence-corrected chi connectivity index (χ3v) is 2.31. The van der Waals surface area contributed by atoms with Gasteiger partial charge in [-0.3, -0.25) is 0 Å². The number of halogens is 1. The lowest BCUT2D eigenvalue weighted by Gasteiger charge is -2.04. The first kappa shape index (κ1) is 9.54. The summed E-state index contributed by atoms with van der Waals surface area (Å²) < 4.78 is 1.80. The van der Waals surface area contributed by atoms with E-state index in [2.05, 4.69) is 15.3 Å². The fourth-order valence-corrected chi connectivity index (χ4v) is 1.61. The first-order valence-corrected chi connectivity index (χ1v) is 4.50. The Morgan fingerprint density at radius 2 is 2.42 bits per heavy atom. The zero-order chi connectivity index (χ0) is 7.68. The molecule has 0 N–H and O–H groups in total. The van der Waals surface area contributed by atoms with Gasteiger partial charge in [-0.05, 0) is 0 Å². The molecule has 0 radical (unpaired) electrons. The first-order chi connectivity index (χ1) is 5.42. The van der Waals surface area contributed by atoms with Crippen LogP contribution >= 0.6 is 24.2 Å². The Hall–Kier alpha value is -0.550. The lowest BCUT2D eigenvalue weighted by atomic mass is 10.5. The van der Waals surface area contributed by atoms with Crippen LogP contribution in [0.15, 0.2) is 10.3 Å². The summed E-state index contributed by atoms with van der Waals surface area (Å²) in [7, 11) is 0. The molecule has 4 nitrogen and oxygen atoms in total. The molecule has 0 aromatic carbocycles. The highest BCUT2D eigenvalue weighted by Gasteiger charge is 2.11. The maximum atomic E-state index is 4.17. The van der Waals surface area contributed by atoms with Gasteiger partial charge in [-0.2, -0.15) is 9.78 Å². The molecule has 12 heavy (non-hydrogen) atoms. The lowest BCUT2D eigenvalue weighted by Crippen LogP contribution is -2.03. The standard InChI is InChI=1S/C6H8N4S.ClH/c1-2-5-8-9-6-10(5)7-3-4-11-6;/h3H,2,4H2,1H3;1H. The fraction of sp³-hybridized carbons (Fsp3) is 0.500. The largest absolute Gasteiger partial charge is 0.212 e. The highest BCUT2D eigenvalue weighted by atomic mass is 35.5. The number of thioether (sulfide) groups is 1. The maximum Gasteiger partial charge on any atom is 0.212 e. The molecule has 1 aromatic rings. The van der Waals surface area contributed by atoms with E-state index < -0.39 is 0 Å². The third-order valence-electron chi connectivity index (χ3n) is 1.48. The normalized spacial score (nSPS) is 13.8. The molecule has 66 valence electrons. The van der Waals surface area contributed by atoms with Crippen molar-refractivity contribution in [2.45, 2.75) is 18.5 Å². The summed E-state index contributed by atoms with van der Waals surface area (Å²) in [5, 5.41) is 13.1. The number of aromatic nitrogens is 3. The van der Waals surface area contributed by atoms with E-state index in [1.807, 2.05) is 13.1 Å². The van der Waals surface area contributed by atoms with E-state index in [9.17, 15) is 0 Å².